The van der Waals surface area contributed by atoms with Crippen LogP contribution in [0.15, 0.2) is 30.3 Å². The fraction of sp³-hybridized carbons (Fsp3) is 0.462. The standard InChI is InChI=1S/C10H13NO2.C3H9N/c1-8(2)11-10(12)13-9-6-4-3-5-7-9;1-3(2)4/h3-8H,1-2H3,(H,11,12);3H,4H2,1-2H3. The van der Waals surface area contributed by atoms with Gasteiger partial charge in [-0.2, -0.15) is 0 Å². The van der Waals surface area contributed by atoms with Crippen LogP contribution >= 0.6 is 0 Å². The molecule has 0 heterocycles. The van der Waals surface area contributed by atoms with Crippen molar-refractivity contribution in [2.45, 2.75) is 39.8 Å². The highest BCUT2D eigenvalue weighted by Gasteiger charge is 2.04. The normalized spacial score (nSPS) is 9.59. The maximum absolute atomic E-state index is 11.1. The zero-order chi connectivity index (χ0) is 13.3. The molecule has 3 N–H and O–H groups in total. The van der Waals surface area contributed by atoms with Gasteiger partial charge < -0.3 is 15.8 Å². The van der Waals surface area contributed by atoms with Gasteiger partial charge in [0.25, 0.3) is 0 Å². The largest absolute Gasteiger partial charge is 0.412 e. The highest BCUT2D eigenvalue weighted by molar-refractivity contribution is 5.70. The molecule has 0 spiro atoms. The molecule has 1 amide bonds. The molecule has 1 aromatic rings. The molecular formula is C13H22N2O2. The van der Waals surface area contributed by atoms with Crippen LogP contribution < -0.4 is 15.8 Å². The van der Waals surface area contributed by atoms with E-state index in [2.05, 4.69) is 5.32 Å². The molecule has 4 nitrogen and oxygen atoms in total. The lowest BCUT2D eigenvalue weighted by atomic mass is 10.3. The molecule has 0 saturated carbocycles. The van der Waals surface area contributed by atoms with E-state index in [-0.39, 0.29) is 6.04 Å². The topological polar surface area (TPSA) is 64.3 Å². The van der Waals surface area contributed by atoms with Crippen LogP contribution in [-0.4, -0.2) is 18.2 Å². The number of nitrogens with one attached hydrogen (secondary N) is 1. The maximum Gasteiger partial charge on any atom is 0.412 e. The van der Waals surface area contributed by atoms with E-state index in [0.717, 1.165) is 0 Å². The van der Waals surface area contributed by atoms with Crippen LogP contribution in [0, 0.1) is 0 Å². The van der Waals surface area contributed by atoms with Gasteiger partial charge in [-0.25, -0.2) is 4.79 Å². The van der Waals surface area contributed by atoms with Crippen molar-refractivity contribution < 1.29 is 9.53 Å². The van der Waals surface area contributed by atoms with Crippen LogP contribution in [-0.2, 0) is 0 Å². The molecule has 0 saturated heterocycles. The smallest absolute Gasteiger partial charge is 0.410 e. The third-order valence-corrected chi connectivity index (χ3v) is 1.36. The van der Waals surface area contributed by atoms with Crippen molar-refractivity contribution in [3.63, 3.8) is 0 Å². The van der Waals surface area contributed by atoms with Crippen LogP contribution in [0.4, 0.5) is 4.79 Å². The molecule has 0 aliphatic heterocycles. The summed E-state index contributed by atoms with van der Waals surface area (Å²) in [6, 6.07) is 9.40. The number of carbonyl (C=O) groups excluding carboxylic acids is 1. The summed E-state index contributed by atoms with van der Waals surface area (Å²) in [5.41, 5.74) is 5.11. The zero-order valence-electron chi connectivity index (χ0n) is 10.9. The summed E-state index contributed by atoms with van der Waals surface area (Å²) in [6.45, 7) is 7.65. The number of benzene rings is 1. The Labute approximate surface area is 103 Å². The lowest BCUT2D eigenvalue weighted by Crippen LogP contribution is -2.32. The first-order valence-electron chi connectivity index (χ1n) is 5.70. The van der Waals surface area contributed by atoms with E-state index < -0.39 is 6.09 Å². The zero-order valence-corrected chi connectivity index (χ0v) is 10.9. The van der Waals surface area contributed by atoms with Gasteiger partial charge in [0.2, 0.25) is 0 Å². The van der Waals surface area contributed by atoms with Crippen molar-refractivity contribution in [3.05, 3.63) is 30.3 Å². The van der Waals surface area contributed by atoms with E-state index in [0.29, 0.717) is 11.8 Å². The van der Waals surface area contributed by atoms with Crippen LogP contribution in [0.2, 0.25) is 0 Å². The van der Waals surface area contributed by atoms with Crippen molar-refractivity contribution >= 4 is 6.09 Å². The monoisotopic (exact) mass is 238 g/mol. The molecule has 0 fully saturated rings. The quantitative estimate of drug-likeness (QED) is 0.832. The number of para-hydroxylation sites is 1. The second kappa shape index (κ2) is 8.58. The van der Waals surface area contributed by atoms with Crippen molar-refractivity contribution in [1.82, 2.24) is 5.32 Å². The average molecular weight is 238 g/mol. The van der Waals surface area contributed by atoms with E-state index >= 15 is 0 Å². The molecule has 0 atom stereocenters. The first-order chi connectivity index (χ1) is 7.91. The summed E-state index contributed by atoms with van der Waals surface area (Å²) < 4.78 is 4.98. The predicted octanol–water partition coefficient (Wildman–Crippen LogP) is 2.54. The second-order valence-corrected chi connectivity index (χ2v) is 4.25. The highest BCUT2D eigenvalue weighted by atomic mass is 16.6. The van der Waals surface area contributed by atoms with Crippen LogP contribution in [0.25, 0.3) is 0 Å². The van der Waals surface area contributed by atoms with E-state index in [1.165, 1.54) is 0 Å². The fourth-order valence-electron chi connectivity index (χ4n) is 0.861. The number of carbonyl (C=O) groups is 1. The number of hydrogen-bond acceptors (Lipinski definition) is 3. The molecule has 1 aromatic carbocycles. The van der Waals surface area contributed by atoms with Crippen LogP contribution in [0.5, 0.6) is 5.75 Å². The van der Waals surface area contributed by atoms with Crippen molar-refractivity contribution in [3.8, 4) is 5.75 Å². The SMILES string of the molecule is CC(C)N.CC(C)NC(=O)Oc1ccccc1. The molecule has 0 aliphatic rings. The van der Waals surface area contributed by atoms with Gasteiger partial charge in [0.05, 0.1) is 0 Å². The third kappa shape index (κ3) is 10.7. The molecular weight excluding hydrogens is 216 g/mol. The van der Waals surface area contributed by atoms with Gasteiger partial charge >= 0.3 is 6.09 Å². The number of amides is 1. The molecule has 0 radical (unpaired) electrons. The fourth-order valence-corrected chi connectivity index (χ4v) is 0.861. The summed E-state index contributed by atoms with van der Waals surface area (Å²) in [5.74, 6) is 0.556. The van der Waals surface area contributed by atoms with Crippen LogP contribution in [0.1, 0.15) is 27.7 Å². The lowest BCUT2D eigenvalue weighted by Gasteiger charge is -2.08. The van der Waals surface area contributed by atoms with E-state index in [1.54, 1.807) is 12.1 Å². The molecule has 0 bridgehead atoms. The average Bonchev–Trinajstić information content (AvgIpc) is 2.16. The molecule has 0 aromatic heterocycles. The Bertz CT molecular complexity index is 308. The van der Waals surface area contributed by atoms with Crippen molar-refractivity contribution in [1.29, 1.82) is 0 Å². The summed E-state index contributed by atoms with van der Waals surface area (Å²) in [7, 11) is 0. The minimum absolute atomic E-state index is 0.0937. The number of hydrogen-bond donors (Lipinski definition) is 2. The Hall–Kier alpha value is -1.55. The van der Waals surface area contributed by atoms with Crippen molar-refractivity contribution in [2.75, 3.05) is 0 Å². The Kier molecular flexibility index (Phi) is 7.80. The van der Waals surface area contributed by atoms with Gasteiger partial charge in [0.15, 0.2) is 0 Å². The Morgan fingerprint density at radius 1 is 1.18 bits per heavy atom. The minimum Gasteiger partial charge on any atom is -0.410 e. The van der Waals surface area contributed by atoms with Crippen LogP contribution in [0.3, 0.4) is 0 Å². The summed E-state index contributed by atoms with van der Waals surface area (Å²) in [4.78, 5) is 11.1. The number of rotatable bonds is 2. The first-order valence-corrected chi connectivity index (χ1v) is 5.70. The number of ether oxygens (including phenoxy) is 1. The summed E-state index contributed by atoms with van der Waals surface area (Å²) in [6.07, 6.45) is -0.416. The molecule has 17 heavy (non-hydrogen) atoms. The van der Waals surface area contributed by atoms with Gasteiger partial charge in [-0.3, -0.25) is 0 Å². The maximum atomic E-state index is 11.1. The highest BCUT2D eigenvalue weighted by Crippen LogP contribution is 2.07. The summed E-state index contributed by atoms with van der Waals surface area (Å²) in [5, 5.41) is 2.63. The van der Waals surface area contributed by atoms with Gasteiger partial charge in [0.1, 0.15) is 5.75 Å². The van der Waals surface area contributed by atoms with Crippen molar-refractivity contribution in [2.24, 2.45) is 5.73 Å². The van der Waals surface area contributed by atoms with Gasteiger partial charge in [-0.1, -0.05) is 32.0 Å². The van der Waals surface area contributed by atoms with E-state index in [9.17, 15) is 4.79 Å². The Balaban J connectivity index is 0.000000557. The molecule has 0 aliphatic carbocycles. The third-order valence-electron chi connectivity index (χ3n) is 1.36. The predicted molar refractivity (Wildman–Crippen MR) is 70.1 cm³/mol. The lowest BCUT2D eigenvalue weighted by molar-refractivity contribution is 0.198. The van der Waals surface area contributed by atoms with E-state index in [1.807, 2.05) is 45.9 Å². The second-order valence-electron chi connectivity index (χ2n) is 4.25. The first kappa shape index (κ1) is 15.4. The molecule has 0 unspecified atom stereocenters. The van der Waals surface area contributed by atoms with E-state index in [4.69, 9.17) is 10.5 Å². The summed E-state index contributed by atoms with van der Waals surface area (Å²) >= 11 is 0. The molecule has 1 rings (SSSR count). The van der Waals surface area contributed by atoms with Gasteiger partial charge in [0, 0.05) is 6.04 Å². The van der Waals surface area contributed by atoms with Gasteiger partial charge in [-0.15, -0.1) is 0 Å². The Morgan fingerprint density at radius 2 is 1.65 bits per heavy atom. The molecule has 4 heteroatoms. The minimum atomic E-state index is -0.416. The number of nitrogens with two attached hydrogens (primary N) is 1. The molecule has 96 valence electrons. The Morgan fingerprint density at radius 3 is 2.06 bits per heavy atom. The van der Waals surface area contributed by atoms with Gasteiger partial charge in [-0.05, 0) is 32.0 Å².